The molecule has 1 aromatic heterocycles. The highest BCUT2D eigenvalue weighted by Crippen LogP contribution is 2.27. The van der Waals surface area contributed by atoms with E-state index in [1.54, 1.807) is 0 Å². The topological polar surface area (TPSA) is 61.8 Å². The fourth-order valence-corrected chi connectivity index (χ4v) is 3.90. The van der Waals surface area contributed by atoms with Gasteiger partial charge in [-0.3, -0.25) is 4.99 Å². The van der Waals surface area contributed by atoms with Crippen molar-refractivity contribution in [1.82, 2.24) is 15.6 Å². The average molecular weight is 535 g/mol. The first kappa shape index (κ1) is 23.6. The van der Waals surface area contributed by atoms with Gasteiger partial charge < -0.3 is 20.3 Å². The van der Waals surface area contributed by atoms with Crippen LogP contribution in [0.3, 0.4) is 0 Å². The summed E-state index contributed by atoms with van der Waals surface area (Å²) in [5.74, 6) is 2.91. The minimum Gasteiger partial charge on any atom is -0.490 e. The largest absolute Gasteiger partial charge is 0.490 e. The lowest BCUT2D eigenvalue weighted by Crippen LogP contribution is -2.48. The van der Waals surface area contributed by atoms with Crippen LogP contribution in [0, 0.1) is 6.92 Å². The van der Waals surface area contributed by atoms with Gasteiger partial charge in [-0.2, -0.15) is 0 Å². The second-order valence-electron chi connectivity index (χ2n) is 8.30. The molecule has 2 heterocycles. The lowest BCUT2D eigenvalue weighted by atomic mass is 9.96. The van der Waals surface area contributed by atoms with Gasteiger partial charge >= 0.3 is 0 Å². The van der Waals surface area contributed by atoms with Gasteiger partial charge in [-0.1, -0.05) is 24.3 Å². The van der Waals surface area contributed by atoms with Gasteiger partial charge in [0, 0.05) is 44.5 Å². The standard InChI is InChI=1S/C24H33N5O.HI/c1-18-10-11-23(26-16-18)29-14-12-20(13-15-29)28-24(25-2)27-17-19-6-3-4-9-22(19)30-21-7-5-8-21;/h3-4,6,9-11,16,20-21H,5,7-8,12-15,17H2,1-2H3,(H2,25,27,28);1H. The molecular formula is C24H34IN5O. The van der Waals surface area contributed by atoms with Crippen LogP contribution in [0.15, 0.2) is 47.6 Å². The molecule has 2 aromatic rings. The number of benzene rings is 1. The maximum Gasteiger partial charge on any atom is 0.191 e. The number of hydrogen-bond acceptors (Lipinski definition) is 4. The molecule has 6 nitrogen and oxygen atoms in total. The zero-order chi connectivity index (χ0) is 20.8. The Balaban J connectivity index is 0.00000272. The number of aryl methyl sites for hydroxylation is 1. The number of guanidine groups is 1. The number of aromatic nitrogens is 1. The second-order valence-corrected chi connectivity index (χ2v) is 8.30. The van der Waals surface area contributed by atoms with Crippen LogP contribution < -0.4 is 20.3 Å². The molecule has 1 saturated carbocycles. The minimum atomic E-state index is 0. The smallest absolute Gasteiger partial charge is 0.191 e. The number of rotatable bonds is 6. The van der Waals surface area contributed by atoms with Gasteiger partial charge in [-0.25, -0.2) is 4.98 Å². The van der Waals surface area contributed by atoms with Crippen LogP contribution in [0.2, 0.25) is 0 Å². The fourth-order valence-electron chi connectivity index (χ4n) is 3.90. The molecule has 4 rings (SSSR count). The summed E-state index contributed by atoms with van der Waals surface area (Å²) in [4.78, 5) is 11.4. The lowest BCUT2D eigenvalue weighted by molar-refractivity contribution is 0.119. The Hall–Kier alpha value is -2.03. The van der Waals surface area contributed by atoms with Crippen LogP contribution >= 0.6 is 24.0 Å². The zero-order valence-corrected chi connectivity index (χ0v) is 20.8. The molecule has 0 bridgehead atoms. The van der Waals surface area contributed by atoms with Crippen molar-refractivity contribution in [1.29, 1.82) is 0 Å². The first-order valence-corrected chi connectivity index (χ1v) is 11.1. The van der Waals surface area contributed by atoms with Crippen molar-refractivity contribution in [3.8, 4) is 5.75 Å². The average Bonchev–Trinajstić information content (AvgIpc) is 2.75. The number of piperidine rings is 1. The molecule has 0 unspecified atom stereocenters. The van der Waals surface area contributed by atoms with Crippen molar-refractivity contribution in [3.63, 3.8) is 0 Å². The molecule has 0 radical (unpaired) electrons. The molecule has 2 N–H and O–H groups in total. The summed E-state index contributed by atoms with van der Waals surface area (Å²) in [7, 11) is 1.83. The predicted molar refractivity (Wildman–Crippen MR) is 138 cm³/mol. The molecule has 1 saturated heterocycles. The third-order valence-electron chi connectivity index (χ3n) is 6.04. The lowest BCUT2D eigenvalue weighted by Gasteiger charge is -2.34. The van der Waals surface area contributed by atoms with Crippen molar-refractivity contribution in [2.24, 2.45) is 4.99 Å². The van der Waals surface area contributed by atoms with Crippen LogP contribution in [0.5, 0.6) is 5.75 Å². The van der Waals surface area contributed by atoms with Gasteiger partial charge in [0.25, 0.3) is 0 Å². The first-order chi connectivity index (χ1) is 14.7. The van der Waals surface area contributed by atoms with Gasteiger partial charge in [-0.15, -0.1) is 24.0 Å². The molecule has 2 fully saturated rings. The Bertz CT molecular complexity index is 845. The summed E-state index contributed by atoms with van der Waals surface area (Å²) in [5.41, 5.74) is 2.37. The van der Waals surface area contributed by atoms with E-state index in [-0.39, 0.29) is 24.0 Å². The van der Waals surface area contributed by atoms with Gasteiger partial charge in [0.15, 0.2) is 5.96 Å². The molecule has 1 aliphatic heterocycles. The van der Waals surface area contributed by atoms with Crippen LogP contribution in [0.25, 0.3) is 0 Å². The predicted octanol–water partition coefficient (Wildman–Crippen LogP) is 4.27. The molecule has 0 amide bonds. The van der Waals surface area contributed by atoms with E-state index in [1.165, 1.54) is 30.4 Å². The Morgan fingerprint density at radius 2 is 1.90 bits per heavy atom. The van der Waals surface area contributed by atoms with E-state index in [0.29, 0.717) is 18.7 Å². The Labute approximate surface area is 202 Å². The van der Waals surface area contributed by atoms with E-state index in [0.717, 1.165) is 43.5 Å². The fraction of sp³-hybridized carbons (Fsp3) is 0.500. The summed E-state index contributed by atoms with van der Waals surface area (Å²) in [6.45, 7) is 4.78. The molecule has 31 heavy (non-hydrogen) atoms. The third-order valence-corrected chi connectivity index (χ3v) is 6.04. The van der Waals surface area contributed by atoms with Crippen molar-refractivity contribution in [3.05, 3.63) is 53.7 Å². The summed E-state index contributed by atoms with van der Waals surface area (Å²) in [5, 5.41) is 7.06. The number of halogens is 1. The van der Waals surface area contributed by atoms with Crippen molar-refractivity contribution >= 4 is 35.8 Å². The monoisotopic (exact) mass is 535 g/mol. The zero-order valence-electron chi connectivity index (χ0n) is 18.5. The summed E-state index contributed by atoms with van der Waals surface area (Å²) in [6.07, 6.45) is 8.08. The maximum absolute atomic E-state index is 6.15. The summed E-state index contributed by atoms with van der Waals surface area (Å²) >= 11 is 0. The van der Waals surface area contributed by atoms with E-state index in [2.05, 4.69) is 62.8 Å². The maximum atomic E-state index is 6.15. The van der Waals surface area contributed by atoms with Gasteiger partial charge in [0.05, 0.1) is 6.10 Å². The van der Waals surface area contributed by atoms with Gasteiger partial charge in [0.2, 0.25) is 0 Å². The number of pyridine rings is 1. The van der Waals surface area contributed by atoms with Crippen LogP contribution in [-0.2, 0) is 6.54 Å². The number of aliphatic imine (C=N–C) groups is 1. The molecule has 0 spiro atoms. The highest BCUT2D eigenvalue weighted by Gasteiger charge is 2.22. The normalized spacial score (nSPS) is 17.5. The van der Waals surface area contributed by atoms with E-state index in [1.807, 2.05) is 19.3 Å². The Kier molecular flexibility index (Phi) is 8.80. The van der Waals surface area contributed by atoms with E-state index in [4.69, 9.17) is 4.74 Å². The summed E-state index contributed by atoms with van der Waals surface area (Å²) in [6, 6.07) is 13.0. The number of anilines is 1. The van der Waals surface area contributed by atoms with Gasteiger partial charge in [0.1, 0.15) is 11.6 Å². The van der Waals surface area contributed by atoms with E-state index in [9.17, 15) is 0 Å². The van der Waals surface area contributed by atoms with Crippen molar-refractivity contribution < 1.29 is 4.74 Å². The molecule has 1 aromatic carbocycles. The Morgan fingerprint density at radius 3 is 2.55 bits per heavy atom. The number of hydrogen-bond donors (Lipinski definition) is 2. The number of para-hydroxylation sites is 1. The second kappa shape index (κ2) is 11.5. The molecule has 1 aliphatic carbocycles. The van der Waals surface area contributed by atoms with Crippen LogP contribution in [0.1, 0.15) is 43.2 Å². The molecule has 168 valence electrons. The number of nitrogens with zero attached hydrogens (tertiary/aromatic N) is 3. The first-order valence-electron chi connectivity index (χ1n) is 11.1. The molecule has 0 atom stereocenters. The molecular weight excluding hydrogens is 501 g/mol. The van der Waals surface area contributed by atoms with E-state index < -0.39 is 0 Å². The quantitative estimate of drug-likeness (QED) is 0.329. The highest BCUT2D eigenvalue weighted by atomic mass is 127. The highest BCUT2D eigenvalue weighted by molar-refractivity contribution is 14.0. The number of ether oxygens (including phenoxy) is 1. The third kappa shape index (κ3) is 6.48. The number of nitrogens with one attached hydrogen (secondary N) is 2. The van der Waals surface area contributed by atoms with Crippen molar-refractivity contribution in [2.75, 3.05) is 25.0 Å². The van der Waals surface area contributed by atoms with Crippen molar-refractivity contribution in [2.45, 2.75) is 57.7 Å². The SMILES string of the molecule is CN=C(NCc1ccccc1OC1CCC1)NC1CCN(c2ccc(C)cn2)CC1.I. The van der Waals surface area contributed by atoms with Crippen LogP contribution in [-0.4, -0.2) is 43.2 Å². The molecule has 2 aliphatic rings. The van der Waals surface area contributed by atoms with E-state index >= 15 is 0 Å². The Morgan fingerprint density at radius 1 is 1.13 bits per heavy atom. The molecule has 7 heteroatoms. The minimum absolute atomic E-state index is 0. The summed E-state index contributed by atoms with van der Waals surface area (Å²) < 4.78 is 6.15. The van der Waals surface area contributed by atoms with Gasteiger partial charge in [-0.05, 0) is 56.7 Å². The van der Waals surface area contributed by atoms with Crippen LogP contribution in [0.4, 0.5) is 5.82 Å².